The maximum Gasteiger partial charge on any atom is 0.115 e. The summed E-state index contributed by atoms with van der Waals surface area (Å²) < 4.78 is 1.87. The molecule has 0 fully saturated rings. The molecular formula is C11H7Br2ClOS. The van der Waals surface area contributed by atoms with E-state index in [0.29, 0.717) is 5.02 Å². The molecule has 0 aliphatic heterocycles. The predicted octanol–water partition coefficient (Wildman–Crippen LogP) is 5.01. The zero-order chi connectivity index (χ0) is 11.7. The molecule has 1 aromatic heterocycles. The number of aliphatic hydroxyl groups is 1. The molecule has 1 aromatic carbocycles. The predicted molar refractivity (Wildman–Crippen MR) is 75.2 cm³/mol. The van der Waals surface area contributed by atoms with Crippen LogP contribution in [0.2, 0.25) is 5.02 Å². The zero-order valence-electron chi connectivity index (χ0n) is 7.95. The molecule has 0 saturated carbocycles. The highest BCUT2D eigenvalue weighted by atomic mass is 79.9. The van der Waals surface area contributed by atoms with Crippen molar-refractivity contribution in [3.05, 3.63) is 54.1 Å². The van der Waals surface area contributed by atoms with Crippen molar-refractivity contribution in [1.82, 2.24) is 0 Å². The lowest BCUT2D eigenvalue weighted by molar-refractivity contribution is 0.224. The van der Waals surface area contributed by atoms with E-state index in [0.717, 1.165) is 19.4 Å². The van der Waals surface area contributed by atoms with Gasteiger partial charge in [0, 0.05) is 8.95 Å². The van der Waals surface area contributed by atoms with Crippen LogP contribution in [-0.4, -0.2) is 5.11 Å². The van der Waals surface area contributed by atoms with Crippen molar-refractivity contribution < 1.29 is 5.11 Å². The monoisotopic (exact) mass is 380 g/mol. The first-order chi connectivity index (χ1) is 7.59. The second kappa shape index (κ2) is 5.19. The Bertz CT molecular complexity index is 512. The van der Waals surface area contributed by atoms with Crippen molar-refractivity contribution >= 4 is 54.8 Å². The Morgan fingerprint density at radius 2 is 1.94 bits per heavy atom. The van der Waals surface area contributed by atoms with E-state index in [1.807, 2.05) is 23.6 Å². The van der Waals surface area contributed by atoms with Crippen molar-refractivity contribution in [2.45, 2.75) is 6.10 Å². The van der Waals surface area contributed by atoms with E-state index in [1.54, 1.807) is 6.07 Å². The quantitative estimate of drug-likeness (QED) is 0.774. The first-order valence-corrected chi connectivity index (χ1v) is 7.30. The van der Waals surface area contributed by atoms with E-state index in [4.69, 9.17) is 11.6 Å². The van der Waals surface area contributed by atoms with Crippen molar-refractivity contribution in [2.24, 2.45) is 0 Å². The van der Waals surface area contributed by atoms with E-state index < -0.39 is 6.10 Å². The van der Waals surface area contributed by atoms with Gasteiger partial charge in [0.15, 0.2) is 0 Å². The minimum atomic E-state index is -0.670. The molecule has 1 nitrogen and oxygen atoms in total. The summed E-state index contributed by atoms with van der Waals surface area (Å²) in [5.74, 6) is 0. The van der Waals surface area contributed by atoms with Gasteiger partial charge in [0.25, 0.3) is 0 Å². The summed E-state index contributed by atoms with van der Waals surface area (Å²) in [7, 11) is 0. The van der Waals surface area contributed by atoms with Gasteiger partial charge >= 0.3 is 0 Å². The van der Waals surface area contributed by atoms with E-state index in [-0.39, 0.29) is 0 Å². The van der Waals surface area contributed by atoms with Gasteiger partial charge in [0.2, 0.25) is 0 Å². The van der Waals surface area contributed by atoms with Crippen LogP contribution in [0.25, 0.3) is 0 Å². The molecule has 0 saturated heterocycles. The van der Waals surface area contributed by atoms with Gasteiger partial charge in [-0.25, -0.2) is 0 Å². The molecule has 16 heavy (non-hydrogen) atoms. The van der Waals surface area contributed by atoms with Crippen LogP contribution in [0.3, 0.4) is 0 Å². The van der Waals surface area contributed by atoms with Crippen LogP contribution >= 0.6 is 54.8 Å². The Kier molecular flexibility index (Phi) is 4.08. The molecule has 1 N–H and O–H groups in total. The molecule has 1 atom stereocenters. The Morgan fingerprint density at radius 1 is 1.19 bits per heavy atom. The minimum Gasteiger partial charge on any atom is -0.383 e. The van der Waals surface area contributed by atoms with Crippen LogP contribution < -0.4 is 0 Å². The molecule has 0 aliphatic carbocycles. The summed E-state index contributed by atoms with van der Waals surface area (Å²) in [6.07, 6.45) is -0.670. The van der Waals surface area contributed by atoms with Gasteiger partial charge in [-0.3, -0.25) is 0 Å². The molecular weight excluding hydrogens is 375 g/mol. The van der Waals surface area contributed by atoms with Crippen molar-refractivity contribution in [1.29, 1.82) is 0 Å². The Hall–Kier alpha value is 0.130. The second-order valence-electron chi connectivity index (χ2n) is 3.21. The Balaban J connectivity index is 2.38. The van der Waals surface area contributed by atoms with Crippen molar-refractivity contribution in [2.75, 3.05) is 0 Å². The molecule has 1 unspecified atom stereocenters. The number of benzene rings is 1. The number of aliphatic hydroxyl groups excluding tert-OH is 1. The number of rotatable bonds is 2. The summed E-state index contributed by atoms with van der Waals surface area (Å²) in [6.45, 7) is 0. The molecule has 0 spiro atoms. The lowest BCUT2D eigenvalue weighted by Gasteiger charge is -2.10. The lowest BCUT2D eigenvalue weighted by Crippen LogP contribution is -1.97. The third kappa shape index (κ3) is 2.51. The molecule has 0 bridgehead atoms. The van der Waals surface area contributed by atoms with E-state index in [9.17, 15) is 5.11 Å². The highest BCUT2D eigenvalue weighted by Crippen LogP contribution is 2.35. The average Bonchev–Trinajstić information content (AvgIpc) is 2.67. The molecule has 2 aromatic rings. The maximum atomic E-state index is 10.2. The van der Waals surface area contributed by atoms with Gasteiger partial charge in [0.05, 0.1) is 9.90 Å². The smallest absolute Gasteiger partial charge is 0.115 e. The van der Waals surface area contributed by atoms with Gasteiger partial charge < -0.3 is 5.11 Å². The summed E-state index contributed by atoms with van der Waals surface area (Å²) in [6, 6.07) is 7.43. The fraction of sp³-hybridized carbons (Fsp3) is 0.0909. The molecule has 2 rings (SSSR count). The van der Waals surface area contributed by atoms with Gasteiger partial charge in [-0.1, -0.05) is 17.7 Å². The zero-order valence-corrected chi connectivity index (χ0v) is 12.7. The van der Waals surface area contributed by atoms with E-state index in [1.165, 1.54) is 11.3 Å². The first-order valence-electron chi connectivity index (χ1n) is 4.45. The van der Waals surface area contributed by atoms with Gasteiger partial charge in [-0.15, -0.1) is 11.3 Å². The normalized spacial score (nSPS) is 12.8. The number of halogens is 3. The van der Waals surface area contributed by atoms with Crippen LogP contribution in [0, 0.1) is 0 Å². The fourth-order valence-electron chi connectivity index (χ4n) is 1.33. The second-order valence-corrected chi connectivity index (χ2v) is 6.27. The largest absolute Gasteiger partial charge is 0.383 e. The summed E-state index contributed by atoms with van der Waals surface area (Å²) in [5.41, 5.74) is 0.819. The van der Waals surface area contributed by atoms with Crippen molar-refractivity contribution in [3.63, 3.8) is 0 Å². The Labute approximate surface area is 119 Å². The molecule has 0 aliphatic rings. The molecule has 84 valence electrons. The highest BCUT2D eigenvalue weighted by molar-refractivity contribution is 9.13. The summed E-state index contributed by atoms with van der Waals surface area (Å²) >= 11 is 14.2. The molecule has 5 heteroatoms. The van der Waals surface area contributed by atoms with Crippen LogP contribution in [0.5, 0.6) is 0 Å². The van der Waals surface area contributed by atoms with Crippen LogP contribution in [-0.2, 0) is 0 Å². The fourth-order valence-corrected chi connectivity index (χ4v) is 3.15. The standard InChI is InChI=1S/C11H7Br2ClOS/c12-7-2-1-6(5-8(7)13)10(15)11-9(14)3-4-16-11/h1-5,10,15H. The third-order valence-electron chi connectivity index (χ3n) is 2.15. The summed E-state index contributed by atoms with van der Waals surface area (Å²) in [5, 5.41) is 12.6. The Morgan fingerprint density at radius 3 is 2.50 bits per heavy atom. The molecule has 0 amide bonds. The maximum absolute atomic E-state index is 10.2. The van der Waals surface area contributed by atoms with E-state index >= 15 is 0 Å². The molecule has 1 heterocycles. The number of hydrogen-bond donors (Lipinski definition) is 1. The SMILES string of the molecule is OC(c1ccc(Br)c(Br)c1)c1sccc1Cl. The van der Waals surface area contributed by atoms with Gasteiger partial charge in [-0.05, 0) is 61.0 Å². The van der Waals surface area contributed by atoms with Crippen molar-refractivity contribution in [3.8, 4) is 0 Å². The highest BCUT2D eigenvalue weighted by Gasteiger charge is 2.15. The van der Waals surface area contributed by atoms with Crippen LogP contribution in [0.15, 0.2) is 38.6 Å². The van der Waals surface area contributed by atoms with Gasteiger partial charge in [-0.2, -0.15) is 0 Å². The van der Waals surface area contributed by atoms with Gasteiger partial charge in [0.1, 0.15) is 6.10 Å². The third-order valence-corrected chi connectivity index (χ3v) is 5.44. The van der Waals surface area contributed by atoms with Crippen LogP contribution in [0.4, 0.5) is 0 Å². The van der Waals surface area contributed by atoms with E-state index in [2.05, 4.69) is 31.9 Å². The molecule has 0 radical (unpaired) electrons. The first kappa shape index (κ1) is 12.6. The topological polar surface area (TPSA) is 20.2 Å². The lowest BCUT2D eigenvalue weighted by atomic mass is 10.1. The number of hydrogen-bond acceptors (Lipinski definition) is 2. The summed E-state index contributed by atoms with van der Waals surface area (Å²) in [4.78, 5) is 0.774. The minimum absolute atomic E-state index is 0.608. The van der Waals surface area contributed by atoms with Crippen LogP contribution in [0.1, 0.15) is 16.5 Å². The number of thiophene rings is 1. The average molecular weight is 383 g/mol.